The van der Waals surface area contributed by atoms with Crippen LogP contribution in [-0.2, 0) is 4.74 Å². The lowest BCUT2D eigenvalue weighted by molar-refractivity contribution is 0.0502. The molecule has 1 fully saturated rings. The fourth-order valence-corrected chi connectivity index (χ4v) is 3.25. The van der Waals surface area contributed by atoms with E-state index >= 15 is 0 Å². The number of amides is 1. The number of likely N-dealkylation sites (N-methyl/N-ethyl adjacent to an activating group) is 1. The minimum absolute atomic E-state index is 0. The van der Waals surface area contributed by atoms with Gasteiger partial charge in [0.05, 0.1) is 0 Å². The lowest BCUT2D eigenvalue weighted by Gasteiger charge is -2.26. The number of carbonyl (C=O) groups is 1. The normalized spacial score (nSPS) is 19.2. The molecule has 0 aromatic carbocycles. The highest BCUT2D eigenvalue weighted by molar-refractivity contribution is 14.0. The van der Waals surface area contributed by atoms with Crippen molar-refractivity contribution in [1.82, 2.24) is 20.9 Å². The van der Waals surface area contributed by atoms with E-state index in [-0.39, 0.29) is 36.1 Å². The van der Waals surface area contributed by atoms with Crippen molar-refractivity contribution in [2.45, 2.75) is 78.0 Å². The molecule has 2 atom stereocenters. The number of halogens is 1. The molecule has 1 saturated heterocycles. The summed E-state index contributed by atoms with van der Waals surface area (Å²) in [4.78, 5) is 18.8. The third kappa shape index (κ3) is 11.0. The van der Waals surface area contributed by atoms with Gasteiger partial charge in [-0.3, -0.25) is 9.89 Å². The van der Waals surface area contributed by atoms with Gasteiger partial charge in [0.2, 0.25) is 0 Å². The predicted molar refractivity (Wildman–Crippen MR) is 123 cm³/mol. The second-order valence-electron chi connectivity index (χ2n) is 7.89. The van der Waals surface area contributed by atoms with Gasteiger partial charge in [-0.15, -0.1) is 24.0 Å². The third-order valence-corrected chi connectivity index (χ3v) is 4.51. The Balaban J connectivity index is 0.00000676. The number of rotatable bonds is 8. The van der Waals surface area contributed by atoms with Crippen LogP contribution in [0.25, 0.3) is 0 Å². The first-order valence-electron chi connectivity index (χ1n) is 9.97. The van der Waals surface area contributed by atoms with E-state index in [4.69, 9.17) is 4.74 Å². The van der Waals surface area contributed by atoms with Crippen LogP contribution in [0.1, 0.15) is 60.3 Å². The first-order valence-corrected chi connectivity index (χ1v) is 9.97. The second-order valence-corrected chi connectivity index (χ2v) is 7.89. The van der Waals surface area contributed by atoms with Gasteiger partial charge in [-0.05, 0) is 53.1 Å². The van der Waals surface area contributed by atoms with Crippen molar-refractivity contribution in [1.29, 1.82) is 0 Å². The molecule has 160 valence electrons. The van der Waals surface area contributed by atoms with Gasteiger partial charge in [0.15, 0.2) is 5.96 Å². The molecule has 0 saturated carbocycles. The quantitative estimate of drug-likeness (QED) is 0.273. The van der Waals surface area contributed by atoms with Crippen molar-refractivity contribution in [3.63, 3.8) is 0 Å². The van der Waals surface area contributed by atoms with Crippen molar-refractivity contribution >= 4 is 36.0 Å². The Hall–Kier alpha value is -0.770. The average molecular weight is 497 g/mol. The lowest BCUT2D eigenvalue weighted by Crippen LogP contribution is -2.50. The van der Waals surface area contributed by atoms with Crippen molar-refractivity contribution in [3.05, 3.63) is 0 Å². The highest BCUT2D eigenvalue weighted by Gasteiger charge is 2.23. The molecular formula is C19H40IN5O2. The molecular weight excluding hydrogens is 457 g/mol. The molecule has 0 radical (unpaired) electrons. The highest BCUT2D eigenvalue weighted by atomic mass is 127. The summed E-state index contributed by atoms with van der Waals surface area (Å²) in [6.45, 7) is 13.7. The number of guanidine groups is 1. The molecule has 0 aromatic heterocycles. The van der Waals surface area contributed by atoms with Gasteiger partial charge < -0.3 is 20.7 Å². The van der Waals surface area contributed by atoms with Gasteiger partial charge in [-0.2, -0.15) is 0 Å². The Morgan fingerprint density at radius 1 is 1.30 bits per heavy atom. The van der Waals surface area contributed by atoms with Crippen LogP contribution >= 0.6 is 24.0 Å². The summed E-state index contributed by atoms with van der Waals surface area (Å²) in [5.41, 5.74) is -0.488. The highest BCUT2D eigenvalue weighted by Crippen LogP contribution is 2.15. The Bertz CT molecular complexity index is 454. The van der Waals surface area contributed by atoms with Gasteiger partial charge in [0.1, 0.15) is 5.60 Å². The minimum Gasteiger partial charge on any atom is -0.444 e. The van der Waals surface area contributed by atoms with Crippen LogP contribution in [0.3, 0.4) is 0 Å². The molecule has 27 heavy (non-hydrogen) atoms. The van der Waals surface area contributed by atoms with Gasteiger partial charge >= 0.3 is 6.09 Å². The first kappa shape index (κ1) is 26.2. The standard InChI is InChI=1S/C19H39N5O2.HI/c1-7-10-15(23-18(25)26-19(3,4)5)13-21-17(20-6)22-14-16-11-9-12-24(16)8-2;/h15-16H,7-14H2,1-6H3,(H,23,25)(H2,20,21,22);1H. The van der Waals surface area contributed by atoms with Crippen molar-refractivity contribution in [2.24, 2.45) is 4.99 Å². The summed E-state index contributed by atoms with van der Waals surface area (Å²) in [6.07, 6.45) is 4.00. The molecule has 0 spiro atoms. The SMILES string of the molecule is CCCC(CNC(=NC)NCC1CCCN1CC)NC(=O)OC(C)(C)C.I. The maximum Gasteiger partial charge on any atom is 0.407 e. The van der Waals surface area contributed by atoms with E-state index in [2.05, 4.69) is 39.7 Å². The molecule has 0 aromatic rings. The zero-order valence-corrected chi connectivity index (χ0v) is 20.3. The number of carbonyl (C=O) groups excluding carboxylic acids is 1. The molecule has 8 heteroatoms. The maximum atomic E-state index is 12.0. The zero-order chi connectivity index (χ0) is 19.6. The number of nitrogens with zero attached hydrogens (tertiary/aromatic N) is 2. The number of alkyl carbamates (subject to hydrolysis) is 1. The summed E-state index contributed by atoms with van der Waals surface area (Å²) in [5.74, 6) is 0.778. The van der Waals surface area contributed by atoms with E-state index in [0.29, 0.717) is 12.6 Å². The molecule has 1 amide bonds. The van der Waals surface area contributed by atoms with E-state index in [9.17, 15) is 4.79 Å². The van der Waals surface area contributed by atoms with E-state index in [1.165, 1.54) is 19.4 Å². The van der Waals surface area contributed by atoms with Crippen LogP contribution < -0.4 is 16.0 Å². The van der Waals surface area contributed by atoms with E-state index in [0.717, 1.165) is 31.9 Å². The molecule has 1 heterocycles. The van der Waals surface area contributed by atoms with Crippen molar-refractivity contribution < 1.29 is 9.53 Å². The van der Waals surface area contributed by atoms with Gasteiger partial charge in [0, 0.05) is 32.2 Å². The zero-order valence-electron chi connectivity index (χ0n) is 17.9. The number of nitrogens with one attached hydrogen (secondary N) is 3. The van der Waals surface area contributed by atoms with Gasteiger partial charge in [-0.25, -0.2) is 4.79 Å². The topological polar surface area (TPSA) is 78.0 Å². The van der Waals surface area contributed by atoms with E-state index in [1.54, 1.807) is 7.05 Å². The van der Waals surface area contributed by atoms with Crippen LogP contribution in [0.4, 0.5) is 4.79 Å². The first-order chi connectivity index (χ1) is 12.3. The third-order valence-electron chi connectivity index (χ3n) is 4.51. The smallest absolute Gasteiger partial charge is 0.407 e. The lowest BCUT2D eigenvalue weighted by atomic mass is 10.1. The maximum absolute atomic E-state index is 12.0. The van der Waals surface area contributed by atoms with Crippen LogP contribution in [0.5, 0.6) is 0 Å². The molecule has 0 aliphatic carbocycles. The number of ether oxygens (including phenoxy) is 1. The summed E-state index contributed by atoms with van der Waals surface area (Å²) >= 11 is 0. The van der Waals surface area contributed by atoms with Crippen LogP contribution in [0.2, 0.25) is 0 Å². The van der Waals surface area contributed by atoms with E-state index < -0.39 is 5.60 Å². The largest absolute Gasteiger partial charge is 0.444 e. The van der Waals surface area contributed by atoms with Crippen LogP contribution in [-0.4, -0.2) is 67.9 Å². The molecule has 1 rings (SSSR count). The summed E-state index contributed by atoms with van der Waals surface area (Å²) in [6, 6.07) is 0.580. The molecule has 3 N–H and O–H groups in total. The molecule has 2 unspecified atom stereocenters. The Labute approximate surface area is 182 Å². The Kier molecular flexibility index (Phi) is 13.0. The Morgan fingerprint density at radius 3 is 2.56 bits per heavy atom. The number of hydrogen-bond donors (Lipinski definition) is 3. The van der Waals surface area contributed by atoms with Crippen molar-refractivity contribution in [2.75, 3.05) is 33.2 Å². The average Bonchev–Trinajstić information content (AvgIpc) is 3.00. The summed E-state index contributed by atoms with van der Waals surface area (Å²) < 4.78 is 5.36. The predicted octanol–water partition coefficient (Wildman–Crippen LogP) is 2.95. The molecule has 7 nitrogen and oxygen atoms in total. The summed E-state index contributed by atoms with van der Waals surface area (Å²) in [5, 5.41) is 9.70. The second kappa shape index (κ2) is 13.4. The monoisotopic (exact) mass is 497 g/mol. The Morgan fingerprint density at radius 2 is 2.00 bits per heavy atom. The fraction of sp³-hybridized carbons (Fsp3) is 0.895. The fourth-order valence-electron chi connectivity index (χ4n) is 3.25. The van der Waals surface area contributed by atoms with Gasteiger partial charge in [-0.1, -0.05) is 20.3 Å². The molecule has 1 aliphatic heterocycles. The van der Waals surface area contributed by atoms with Crippen molar-refractivity contribution in [3.8, 4) is 0 Å². The van der Waals surface area contributed by atoms with Crippen LogP contribution in [0, 0.1) is 0 Å². The molecule has 1 aliphatic rings. The number of likely N-dealkylation sites (tertiary alicyclic amines) is 1. The minimum atomic E-state index is -0.488. The van der Waals surface area contributed by atoms with E-state index in [1.807, 2.05) is 20.8 Å². The number of aliphatic imine (C=N–C) groups is 1. The van der Waals surface area contributed by atoms with Gasteiger partial charge in [0.25, 0.3) is 0 Å². The summed E-state index contributed by atoms with van der Waals surface area (Å²) in [7, 11) is 1.78. The number of hydrogen-bond acceptors (Lipinski definition) is 4. The van der Waals surface area contributed by atoms with Crippen LogP contribution in [0.15, 0.2) is 4.99 Å². The molecule has 0 bridgehead atoms.